The van der Waals surface area contributed by atoms with Crippen LogP contribution in [0.4, 0.5) is 0 Å². The van der Waals surface area contributed by atoms with Crippen molar-refractivity contribution in [2.24, 2.45) is 0 Å². The van der Waals surface area contributed by atoms with Crippen molar-refractivity contribution in [3.05, 3.63) is 30.1 Å². The lowest BCUT2D eigenvalue weighted by Crippen LogP contribution is -2.26. The minimum Gasteiger partial charge on any atom is -0.389 e. The van der Waals surface area contributed by atoms with Crippen LogP contribution in [-0.4, -0.2) is 45.5 Å². The number of aryl methyl sites for hydroxylation is 1. The second-order valence-electron chi connectivity index (χ2n) is 6.66. The molecule has 0 bridgehead atoms. The average Bonchev–Trinajstić information content (AvgIpc) is 3.12. The van der Waals surface area contributed by atoms with Gasteiger partial charge in [0.15, 0.2) is 0 Å². The number of pyridine rings is 1. The van der Waals surface area contributed by atoms with E-state index < -0.39 is 5.60 Å². The highest BCUT2D eigenvalue weighted by Crippen LogP contribution is 2.29. The maximum atomic E-state index is 10.2. The highest BCUT2D eigenvalue weighted by atomic mass is 35.5. The van der Waals surface area contributed by atoms with E-state index in [1.807, 2.05) is 35.8 Å². The number of halogens is 1. The number of nitrogens with zero attached hydrogens (tertiary/aromatic N) is 6. The first-order valence-electron chi connectivity index (χ1n) is 8.03. The Kier molecular flexibility index (Phi) is 4.64. The Balaban J connectivity index is 0.000000447. The minimum atomic E-state index is -0.836. The zero-order valence-electron chi connectivity index (χ0n) is 14.9. The second-order valence-corrected chi connectivity index (χ2v) is 7.19. The van der Waals surface area contributed by atoms with Gasteiger partial charge in [0.2, 0.25) is 10.9 Å². The lowest BCUT2D eigenvalue weighted by Gasteiger charge is -2.20. The van der Waals surface area contributed by atoms with E-state index in [2.05, 4.69) is 32.1 Å². The molecule has 0 saturated heterocycles. The van der Waals surface area contributed by atoms with E-state index >= 15 is 0 Å². The zero-order chi connectivity index (χ0) is 19.1. The van der Waals surface area contributed by atoms with Gasteiger partial charge >= 0.3 is 0 Å². The summed E-state index contributed by atoms with van der Waals surface area (Å²) in [6.45, 7) is 7.26. The normalized spacial score (nSPS) is 11.8. The fraction of sp³-hybridized carbons (Fsp3) is 0.353. The third kappa shape index (κ3) is 3.38. The molecule has 0 spiro atoms. The Morgan fingerprint density at radius 2 is 1.96 bits per heavy atom. The standard InChI is InChI=1S/C15H16N6O.C2H3ClO/c1-9-16-12-13(20(9)8-15(2,3)22)10-6-4-5-7-11(10)21-14(12)17-18-19-21;1-2(3)4/h4-7,22H,8H2,1-3H3;1H3. The highest BCUT2D eigenvalue weighted by Gasteiger charge is 2.22. The first kappa shape index (κ1) is 18.2. The Hall–Kier alpha value is -2.58. The summed E-state index contributed by atoms with van der Waals surface area (Å²) < 4.78 is 3.74. The van der Waals surface area contributed by atoms with Crippen molar-refractivity contribution >= 4 is 44.4 Å². The molecule has 1 N–H and O–H groups in total. The summed E-state index contributed by atoms with van der Waals surface area (Å²) in [6.07, 6.45) is 0. The number of tetrazole rings is 1. The lowest BCUT2D eigenvalue weighted by atomic mass is 10.1. The number of hydrogen-bond acceptors (Lipinski definition) is 6. The van der Waals surface area contributed by atoms with Gasteiger partial charge in [0, 0.05) is 12.3 Å². The Morgan fingerprint density at radius 3 is 2.62 bits per heavy atom. The maximum absolute atomic E-state index is 10.2. The number of rotatable bonds is 2. The molecule has 0 saturated carbocycles. The molecule has 0 atom stereocenters. The molecule has 4 rings (SSSR count). The van der Waals surface area contributed by atoms with Gasteiger partial charge in [-0.25, -0.2) is 4.98 Å². The van der Waals surface area contributed by atoms with Crippen LogP contribution < -0.4 is 0 Å². The van der Waals surface area contributed by atoms with Gasteiger partial charge in [0.25, 0.3) is 0 Å². The molecule has 0 aliphatic rings. The zero-order valence-corrected chi connectivity index (χ0v) is 15.7. The molecule has 9 heteroatoms. The summed E-state index contributed by atoms with van der Waals surface area (Å²) in [5, 5.41) is 22.8. The molecule has 0 fully saturated rings. The Labute approximate surface area is 154 Å². The van der Waals surface area contributed by atoms with Gasteiger partial charge in [-0.15, -0.1) is 5.10 Å². The fourth-order valence-corrected chi connectivity index (χ4v) is 2.93. The number of aliphatic hydroxyl groups is 1. The van der Waals surface area contributed by atoms with E-state index in [0.29, 0.717) is 12.2 Å². The summed E-state index contributed by atoms with van der Waals surface area (Å²) in [5.41, 5.74) is 2.43. The van der Waals surface area contributed by atoms with Crippen LogP contribution in [0.25, 0.3) is 27.6 Å². The van der Waals surface area contributed by atoms with Gasteiger partial charge in [-0.3, -0.25) is 4.79 Å². The van der Waals surface area contributed by atoms with Crippen molar-refractivity contribution in [2.45, 2.75) is 39.8 Å². The first-order valence-corrected chi connectivity index (χ1v) is 8.41. The van der Waals surface area contributed by atoms with Gasteiger partial charge in [0.1, 0.15) is 11.3 Å². The molecular weight excluding hydrogens is 356 g/mol. The van der Waals surface area contributed by atoms with Crippen molar-refractivity contribution in [2.75, 3.05) is 0 Å². The predicted molar refractivity (Wildman–Crippen MR) is 99.1 cm³/mol. The smallest absolute Gasteiger partial charge is 0.218 e. The van der Waals surface area contributed by atoms with Crippen molar-refractivity contribution in [1.29, 1.82) is 0 Å². The monoisotopic (exact) mass is 374 g/mol. The first-order chi connectivity index (χ1) is 12.2. The van der Waals surface area contributed by atoms with Crippen LogP contribution in [0.1, 0.15) is 26.6 Å². The molecule has 0 aliphatic heterocycles. The molecule has 3 aromatic heterocycles. The molecule has 8 nitrogen and oxygen atoms in total. The number of aromatic nitrogens is 6. The quantitative estimate of drug-likeness (QED) is 0.541. The van der Waals surface area contributed by atoms with E-state index in [-0.39, 0.29) is 5.24 Å². The molecule has 0 unspecified atom stereocenters. The molecular formula is C17H19ClN6O2. The van der Waals surface area contributed by atoms with Crippen LogP contribution in [0.5, 0.6) is 0 Å². The van der Waals surface area contributed by atoms with E-state index in [1.54, 1.807) is 18.4 Å². The van der Waals surface area contributed by atoms with Crippen LogP contribution >= 0.6 is 11.6 Å². The summed E-state index contributed by atoms with van der Waals surface area (Å²) in [5.74, 6) is 0.832. The van der Waals surface area contributed by atoms with E-state index in [1.165, 1.54) is 6.92 Å². The third-order valence-corrected chi connectivity index (χ3v) is 3.77. The van der Waals surface area contributed by atoms with Gasteiger partial charge in [-0.2, -0.15) is 4.52 Å². The number of para-hydroxylation sites is 1. The second kappa shape index (κ2) is 6.62. The minimum absolute atomic E-state index is 0.361. The van der Waals surface area contributed by atoms with Crippen molar-refractivity contribution < 1.29 is 9.90 Å². The highest BCUT2D eigenvalue weighted by molar-refractivity contribution is 6.62. The SMILES string of the molecule is CC(=O)Cl.Cc1nc2c(c3ccccc3n3nnnc23)n1CC(C)(C)O. The third-order valence-electron chi connectivity index (χ3n) is 3.77. The summed E-state index contributed by atoms with van der Waals surface area (Å²) >= 11 is 4.64. The lowest BCUT2D eigenvalue weighted by molar-refractivity contribution is -0.109. The molecule has 4 aromatic rings. The number of carbonyl (C=O) groups is 1. The van der Waals surface area contributed by atoms with Crippen molar-refractivity contribution in [3.63, 3.8) is 0 Å². The topological polar surface area (TPSA) is 98.2 Å². The van der Waals surface area contributed by atoms with Crippen molar-refractivity contribution in [1.82, 2.24) is 29.6 Å². The van der Waals surface area contributed by atoms with E-state index in [9.17, 15) is 9.90 Å². The summed E-state index contributed by atoms with van der Waals surface area (Å²) in [6, 6.07) is 7.95. The van der Waals surface area contributed by atoms with Crippen LogP contribution in [0, 0.1) is 6.92 Å². The fourth-order valence-electron chi connectivity index (χ4n) is 2.93. The van der Waals surface area contributed by atoms with Gasteiger partial charge < -0.3 is 9.67 Å². The number of fused-ring (bicyclic) bond motifs is 6. The number of imidazole rings is 1. The molecule has 0 amide bonds. The largest absolute Gasteiger partial charge is 0.389 e. The number of carbonyl (C=O) groups excluding carboxylic acids is 1. The van der Waals surface area contributed by atoms with Gasteiger partial charge in [-0.05, 0) is 48.9 Å². The molecule has 3 heterocycles. The van der Waals surface area contributed by atoms with Crippen LogP contribution in [0.15, 0.2) is 24.3 Å². The number of benzene rings is 1. The van der Waals surface area contributed by atoms with Crippen molar-refractivity contribution in [3.8, 4) is 0 Å². The van der Waals surface area contributed by atoms with Crippen LogP contribution in [0.2, 0.25) is 0 Å². The van der Waals surface area contributed by atoms with E-state index in [0.717, 1.165) is 27.8 Å². The van der Waals surface area contributed by atoms with Gasteiger partial charge in [0.05, 0.1) is 23.2 Å². The van der Waals surface area contributed by atoms with Crippen LogP contribution in [-0.2, 0) is 11.3 Å². The molecule has 0 aliphatic carbocycles. The summed E-state index contributed by atoms with van der Waals surface area (Å²) in [4.78, 5) is 13.8. The number of hydrogen-bond donors (Lipinski definition) is 1. The molecule has 1 aromatic carbocycles. The maximum Gasteiger partial charge on any atom is 0.218 e. The Morgan fingerprint density at radius 1 is 1.31 bits per heavy atom. The average molecular weight is 375 g/mol. The Bertz CT molecular complexity index is 1110. The predicted octanol–water partition coefficient (Wildman–Crippen LogP) is 2.48. The van der Waals surface area contributed by atoms with Gasteiger partial charge in [-0.1, -0.05) is 18.2 Å². The summed E-state index contributed by atoms with van der Waals surface area (Å²) in [7, 11) is 0. The molecule has 0 radical (unpaired) electrons. The van der Waals surface area contributed by atoms with Crippen LogP contribution in [0.3, 0.4) is 0 Å². The molecule has 136 valence electrons. The van der Waals surface area contributed by atoms with E-state index in [4.69, 9.17) is 0 Å². The molecule has 26 heavy (non-hydrogen) atoms.